The minimum Gasteiger partial charge on any atom is -0.383 e. The number of amides is 2. The maximum Gasteiger partial charge on any atom is 0.330 e. The lowest BCUT2D eigenvalue weighted by molar-refractivity contribution is -0.119. The summed E-state index contributed by atoms with van der Waals surface area (Å²) in [6.45, 7) is 7.66. The second kappa shape index (κ2) is 10.9. The van der Waals surface area contributed by atoms with E-state index in [0.29, 0.717) is 5.02 Å². The van der Waals surface area contributed by atoms with E-state index in [4.69, 9.17) is 28.9 Å². The first kappa shape index (κ1) is 26.5. The Bertz CT molecular complexity index is 1160. The topological polar surface area (TPSA) is 121 Å². The second-order valence-corrected chi connectivity index (χ2v) is 9.50. The minimum absolute atomic E-state index is 0.0192. The molecule has 0 spiro atoms. The molecule has 0 aliphatic rings. The van der Waals surface area contributed by atoms with Crippen LogP contribution in [0.1, 0.15) is 38.1 Å². The number of rotatable bonds is 8. The Morgan fingerprint density at radius 2 is 1.73 bits per heavy atom. The molecule has 0 atom stereocenters. The van der Waals surface area contributed by atoms with Crippen LogP contribution in [-0.2, 0) is 11.3 Å². The van der Waals surface area contributed by atoms with Crippen molar-refractivity contribution in [3.63, 3.8) is 0 Å². The van der Waals surface area contributed by atoms with Crippen molar-refractivity contribution >= 4 is 46.5 Å². The van der Waals surface area contributed by atoms with Crippen molar-refractivity contribution in [2.75, 3.05) is 30.8 Å². The molecule has 2 rings (SSSR count). The number of nitrogens with two attached hydrogens (primary N) is 1. The average Bonchev–Trinajstić information content (AvgIpc) is 2.71. The number of benzene rings is 1. The zero-order chi connectivity index (χ0) is 25.0. The van der Waals surface area contributed by atoms with Gasteiger partial charge in [-0.15, -0.1) is 0 Å². The van der Waals surface area contributed by atoms with E-state index in [-0.39, 0.29) is 53.6 Å². The first-order valence-electron chi connectivity index (χ1n) is 10.5. The van der Waals surface area contributed by atoms with Gasteiger partial charge in [-0.2, -0.15) is 0 Å². The van der Waals surface area contributed by atoms with E-state index in [0.717, 1.165) is 0 Å². The van der Waals surface area contributed by atoms with Crippen molar-refractivity contribution in [1.29, 1.82) is 0 Å². The van der Waals surface area contributed by atoms with Gasteiger partial charge in [-0.3, -0.25) is 23.9 Å². The van der Waals surface area contributed by atoms with Gasteiger partial charge in [0, 0.05) is 25.7 Å². The second-order valence-electron chi connectivity index (χ2n) is 8.69. The average molecular weight is 498 g/mol. The van der Waals surface area contributed by atoms with Crippen LogP contribution >= 0.6 is 23.2 Å². The summed E-state index contributed by atoms with van der Waals surface area (Å²) in [4.78, 5) is 55.7. The third kappa shape index (κ3) is 6.39. The quantitative estimate of drug-likeness (QED) is 0.580. The Kier molecular flexibility index (Phi) is 8.74. The van der Waals surface area contributed by atoms with Gasteiger partial charge in [0.25, 0.3) is 11.5 Å². The molecule has 0 fully saturated rings. The summed E-state index contributed by atoms with van der Waals surface area (Å²) in [6.07, 6.45) is 0. The maximum absolute atomic E-state index is 13.3. The van der Waals surface area contributed by atoms with E-state index in [1.54, 1.807) is 0 Å². The summed E-state index contributed by atoms with van der Waals surface area (Å²) >= 11 is 11.9. The molecule has 1 heterocycles. The molecule has 0 saturated carbocycles. The van der Waals surface area contributed by atoms with Crippen LogP contribution in [0.15, 0.2) is 27.8 Å². The summed E-state index contributed by atoms with van der Waals surface area (Å²) < 4.78 is 1.24. The fraction of sp³-hybridized carbons (Fsp3) is 0.455. The molecule has 1 aromatic carbocycles. The summed E-state index contributed by atoms with van der Waals surface area (Å²) in [7, 11) is 1.46. The molecule has 0 aliphatic carbocycles. The number of likely N-dealkylation sites (N-methyl/N-ethyl adjacent to an activating group) is 1. The Balaban J connectivity index is 2.41. The Labute approximate surface area is 202 Å². The largest absolute Gasteiger partial charge is 0.383 e. The highest BCUT2D eigenvalue weighted by atomic mass is 35.5. The molecule has 0 aliphatic heterocycles. The van der Waals surface area contributed by atoms with E-state index in [2.05, 4.69) is 4.98 Å². The summed E-state index contributed by atoms with van der Waals surface area (Å²) in [5.74, 6) is -1.00. The van der Waals surface area contributed by atoms with Crippen molar-refractivity contribution in [2.45, 2.75) is 34.2 Å². The third-order valence-electron chi connectivity index (χ3n) is 4.77. The summed E-state index contributed by atoms with van der Waals surface area (Å²) in [5, 5.41) is 0.525. The van der Waals surface area contributed by atoms with Crippen LogP contribution in [-0.4, -0.2) is 46.4 Å². The maximum atomic E-state index is 13.3. The summed E-state index contributed by atoms with van der Waals surface area (Å²) in [6, 6.07) is 4.42. The molecule has 0 radical (unpaired) electrons. The normalized spacial score (nSPS) is 11.2. The molecular formula is C22H29Cl2N5O4. The number of H-pyrrole nitrogens is 1. The van der Waals surface area contributed by atoms with Crippen LogP contribution in [0.3, 0.4) is 0 Å². The fourth-order valence-corrected chi connectivity index (χ4v) is 3.58. The van der Waals surface area contributed by atoms with Gasteiger partial charge in [-0.1, -0.05) is 50.9 Å². The molecule has 1 aromatic heterocycles. The van der Waals surface area contributed by atoms with Crippen LogP contribution in [0.2, 0.25) is 10.0 Å². The zero-order valence-electron chi connectivity index (χ0n) is 19.3. The van der Waals surface area contributed by atoms with Crippen LogP contribution in [0, 0.1) is 11.8 Å². The Morgan fingerprint density at radius 3 is 2.27 bits per heavy atom. The lowest BCUT2D eigenvalue weighted by Gasteiger charge is -2.28. The highest BCUT2D eigenvalue weighted by Gasteiger charge is 2.27. The van der Waals surface area contributed by atoms with Gasteiger partial charge in [-0.05, 0) is 30.0 Å². The van der Waals surface area contributed by atoms with Gasteiger partial charge in [-0.25, -0.2) is 4.79 Å². The number of carbonyl (C=O) groups excluding carboxylic acids is 2. The van der Waals surface area contributed by atoms with Gasteiger partial charge < -0.3 is 15.5 Å². The number of carbonyl (C=O) groups is 2. The minimum atomic E-state index is -0.759. The fourth-order valence-electron chi connectivity index (χ4n) is 3.28. The number of nitrogens with zero attached hydrogens (tertiary/aromatic N) is 3. The number of nitrogens with one attached hydrogen (secondary N) is 1. The molecule has 33 heavy (non-hydrogen) atoms. The van der Waals surface area contributed by atoms with E-state index in [1.165, 1.54) is 39.6 Å². The first-order valence-corrected chi connectivity index (χ1v) is 11.2. The Morgan fingerprint density at radius 1 is 1.09 bits per heavy atom. The number of hydrogen-bond acceptors (Lipinski definition) is 5. The number of halogens is 2. The molecular weight excluding hydrogens is 469 g/mol. The molecule has 0 bridgehead atoms. The molecule has 0 unspecified atom stereocenters. The van der Waals surface area contributed by atoms with Crippen molar-refractivity contribution in [3.05, 3.63) is 54.6 Å². The lowest BCUT2D eigenvalue weighted by Crippen LogP contribution is -2.47. The van der Waals surface area contributed by atoms with Crippen molar-refractivity contribution in [2.24, 2.45) is 11.8 Å². The van der Waals surface area contributed by atoms with Crippen LogP contribution in [0.5, 0.6) is 0 Å². The molecule has 2 aromatic rings. The SMILES string of the molecule is CC(C)CN(C(=O)CN(C)C(=O)c1ccc(Cl)c(Cl)c1)c1c(N)n(CC(C)C)c(=O)[nH]c1=O. The standard InChI is InChI=1S/C22H29Cl2N5O4/c1-12(2)9-28(18-19(25)29(10-13(3)4)22(33)26-20(18)31)17(30)11-27(5)21(32)14-6-7-15(23)16(24)8-14/h6-8,12-13H,9-11,25H2,1-5H3,(H,26,31,33). The molecule has 11 heteroatoms. The zero-order valence-corrected chi connectivity index (χ0v) is 20.8. The smallest absolute Gasteiger partial charge is 0.330 e. The predicted octanol–water partition coefficient (Wildman–Crippen LogP) is 2.84. The highest BCUT2D eigenvalue weighted by molar-refractivity contribution is 6.42. The van der Waals surface area contributed by atoms with E-state index in [1.807, 2.05) is 27.7 Å². The van der Waals surface area contributed by atoms with Crippen LogP contribution in [0.25, 0.3) is 0 Å². The number of aromatic amines is 1. The van der Waals surface area contributed by atoms with E-state index >= 15 is 0 Å². The molecule has 3 N–H and O–H groups in total. The summed E-state index contributed by atoms with van der Waals surface area (Å²) in [5.41, 5.74) is 4.96. The van der Waals surface area contributed by atoms with Gasteiger partial charge in [0.15, 0.2) is 5.69 Å². The number of nitrogen functional groups attached to an aromatic ring is 1. The number of aromatic nitrogens is 2. The van der Waals surface area contributed by atoms with Gasteiger partial charge in [0.1, 0.15) is 12.4 Å². The van der Waals surface area contributed by atoms with Crippen molar-refractivity contribution in [1.82, 2.24) is 14.5 Å². The van der Waals surface area contributed by atoms with E-state index < -0.39 is 23.1 Å². The monoisotopic (exact) mass is 497 g/mol. The number of anilines is 2. The molecule has 180 valence electrons. The Hall–Kier alpha value is -2.78. The van der Waals surface area contributed by atoms with E-state index in [9.17, 15) is 19.2 Å². The highest BCUT2D eigenvalue weighted by Crippen LogP contribution is 2.23. The van der Waals surface area contributed by atoms with Gasteiger partial charge in [0.2, 0.25) is 5.91 Å². The van der Waals surface area contributed by atoms with Gasteiger partial charge in [0.05, 0.1) is 10.0 Å². The van der Waals surface area contributed by atoms with Crippen molar-refractivity contribution < 1.29 is 9.59 Å². The molecule has 0 saturated heterocycles. The first-order chi connectivity index (χ1) is 15.3. The lowest BCUT2D eigenvalue weighted by atomic mass is 10.1. The number of hydrogen-bond donors (Lipinski definition) is 2. The van der Waals surface area contributed by atoms with Crippen molar-refractivity contribution in [3.8, 4) is 0 Å². The predicted molar refractivity (Wildman–Crippen MR) is 131 cm³/mol. The van der Waals surface area contributed by atoms with Crippen LogP contribution < -0.4 is 21.9 Å². The third-order valence-corrected chi connectivity index (χ3v) is 5.51. The molecule has 9 nitrogen and oxygen atoms in total. The van der Waals surface area contributed by atoms with Gasteiger partial charge >= 0.3 is 5.69 Å². The molecule has 2 amide bonds. The van der Waals surface area contributed by atoms with Crippen LogP contribution in [0.4, 0.5) is 11.5 Å².